The lowest BCUT2D eigenvalue weighted by Crippen LogP contribution is -2.21. The zero-order valence-corrected chi connectivity index (χ0v) is 19.0. The molecule has 0 spiro atoms. The van der Waals surface area contributed by atoms with Gasteiger partial charge in [-0.3, -0.25) is 9.59 Å². The molecule has 0 saturated carbocycles. The molecule has 0 aliphatic heterocycles. The van der Waals surface area contributed by atoms with Gasteiger partial charge < -0.3 is 20.7 Å². The van der Waals surface area contributed by atoms with E-state index in [1.165, 1.54) is 0 Å². The first-order valence-electron chi connectivity index (χ1n) is 11.3. The van der Waals surface area contributed by atoms with Crippen molar-refractivity contribution in [2.24, 2.45) is 0 Å². The normalized spacial score (nSPS) is 10.3. The van der Waals surface area contributed by atoms with Gasteiger partial charge in [-0.2, -0.15) is 0 Å². The smallest absolute Gasteiger partial charge is 0.243 e. The van der Waals surface area contributed by atoms with Crippen LogP contribution in [0.3, 0.4) is 0 Å². The van der Waals surface area contributed by atoms with E-state index in [4.69, 9.17) is 4.74 Å². The largest absolute Gasteiger partial charge is 0.489 e. The van der Waals surface area contributed by atoms with Crippen molar-refractivity contribution in [1.29, 1.82) is 0 Å². The fourth-order valence-corrected chi connectivity index (χ4v) is 3.23. The van der Waals surface area contributed by atoms with Crippen LogP contribution < -0.4 is 20.7 Å². The average molecular weight is 446 g/mol. The topological polar surface area (TPSA) is 79.5 Å². The third-order valence-corrected chi connectivity index (χ3v) is 4.99. The minimum Gasteiger partial charge on any atom is -0.489 e. The third-order valence-electron chi connectivity index (χ3n) is 4.99. The molecule has 6 nitrogen and oxygen atoms in total. The maximum Gasteiger partial charge on any atom is 0.243 e. The second-order valence-corrected chi connectivity index (χ2v) is 7.79. The molecule has 6 heteroatoms. The number of rotatable bonds is 12. The summed E-state index contributed by atoms with van der Waals surface area (Å²) < 4.78 is 5.78. The summed E-state index contributed by atoms with van der Waals surface area (Å²) in [6.45, 7) is 2.74. The molecule has 3 N–H and O–H groups in total. The number of anilines is 3. The van der Waals surface area contributed by atoms with Gasteiger partial charge in [0.1, 0.15) is 12.4 Å². The molecule has 3 aromatic rings. The maximum atomic E-state index is 12.3. The summed E-state index contributed by atoms with van der Waals surface area (Å²) in [4.78, 5) is 24.3. The van der Waals surface area contributed by atoms with Gasteiger partial charge in [-0.25, -0.2) is 0 Å². The van der Waals surface area contributed by atoms with Gasteiger partial charge >= 0.3 is 0 Å². The minimum absolute atomic E-state index is 0.00946. The van der Waals surface area contributed by atoms with E-state index in [9.17, 15) is 9.59 Å². The van der Waals surface area contributed by atoms with E-state index in [1.807, 2.05) is 60.7 Å². The van der Waals surface area contributed by atoms with Crippen LogP contribution >= 0.6 is 0 Å². The Kier molecular flexibility index (Phi) is 9.33. The molecule has 0 fully saturated rings. The van der Waals surface area contributed by atoms with E-state index >= 15 is 0 Å². The highest BCUT2D eigenvalue weighted by molar-refractivity contribution is 5.95. The van der Waals surface area contributed by atoms with Crippen molar-refractivity contribution >= 4 is 28.9 Å². The Morgan fingerprint density at radius 1 is 0.758 bits per heavy atom. The molecule has 0 unspecified atom stereocenters. The van der Waals surface area contributed by atoms with Crippen molar-refractivity contribution in [3.63, 3.8) is 0 Å². The quantitative estimate of drug-likeness (QED) is 0.306. The number of amides is 2. The van der Waals surface area contributed by atoms with E-state index in [1.54, 1.807) is 18.2 Å². The number of unbranched alkanes of at least 4 members (excludes halogenated alkanes) is 2. The molecule has 0 heterocycles. The molecule has 0 aliphatic rings. The summed E-state index contributed by atoms with van der Waals surface area (Å²) in [6.07, 6.45) is 3.50. The number of nitrogens with one attached hydrogen (secondary N) is 3. The summed E-state index contributed by atoms with van der Waals surface area (Å²) in [5.41, 5.74) is 3.24. The van der Waals surface area contributed by atoms with Gasteiger partial charge in [-0.15, -0.1) is 0 Å². The van der Waals surface area contributed by atoms with Crippen LogP contribution in [0, 0.1) is 0 Å². The Bertz CT molecular complexity index is 1020. The standard InChI is InChI=1S/C27H31N3O3/c1-2-3-5-13-26(31)29-23-11-8-12-24(18-23)30-27(32)19-28-22-14-16-25(17-15-22)33-20-21-9-6-4-7-10-21/h4,6-12,14-18,28H,2-3,5,13,19-20H2,1H3,(H,29,31)(H,30,32). The molecule has 0 atom stereocenters. The summed E-state index contributed by atoms with van der Waals surface area (Å²) >= 11 is 0. The van der Waals surface area contributed by atoms with E-state index in [2.05, 4.69) is 22.9 Å². The number of hydrogen-bond donors (Lipinski definition) is 3. The number of carbonyl (C=O) groups is 2. The van der Waals surface area contributed by atoms with Crippen molar-refractivity contribution in [3.8, 4) is 5.75 Å². The van der Waals surface area contributed by atoms with E-state index in [-0.39, 0.29) is 18.4 Å². The van der Waals surface area contributed by atoms with Gasteiger partial charge in [0.25, 0.3) is 0 Å². The Morgan fingerprint density at radius 3 is 2.15 bits per heavy atom. The molecule has 0 saturated heterocycles. The third kappa shape index (κ3) is 8.69. The lowest BCUT2D eigenvalue weighted by Gasteiger charge is -2.11. The predicted molar refractivity (Wildman–Crippen MR) is 134 cm³/mol. The zero-order chi connectivity index (χ0) is 23.3. The van der Waals surface area contributed by atoms with E-state index < -0.39 is 0 Å². The van der Waals surface area contributed by atoms with Crippen LogP contribution in [-0.4, -0.2) is 18.4 Å². The van der Waals surface area contributed by atoms with Crippen LogP contribution in [0.4, 0.5) is 17.1 Å². The summed E-state index contributed by atoms with van der Waals surface area (Å²) in [5.74, 6) is 0.582. The van der Waals surface area contributed by atoms with Crippen LogP contribution in [-0.2, 0) is 16.2 Å². The highest BCUT2D eigenvalue weighted by Gasteiger charge is 2.06. The first kappa shape index (κ1) is 23.9. The summed E-state index contributed by atoms with van der Waals surface area (Å²) in [5, 5.41) is 8.83. The van der Waals surface area contributed by atoms with Gasteiger partial charge in [0.05, 0.1) is 6.54 Å². The predicted octanol–water partition coefficient (Wildman–Crippen LogP) is 5.84. The Labute approximate surface area is 195 Å². The fourth-order valence-electron chi connectivity index (χ4n) is 3.23. The van der Waals surface area contributed by atoms with Crippen molar-refractivity contribution < 1.29 is 14.3 Å². The van der Waals surface area contributed by atoms with Crippen LogP contribution in [0.25, 0.3) is 0 Å². The monoisotopic (exact) mass is 445 g/mol. The molecule has 0 aliphatic carbocycles. The van der Waals surface area contributed by atoms with Gasteiger partial charge in [0.15, 0.2) is 0 Å². The second kappa shape index (κ2) is 12.9. The van der Waals surface area contributed by atoms with E-state index in [0.29, 0.717) is 24.4 Å². The maximum absolute atomic E-state index is 12.3. The summed E-state index contributed by atoms with van der Waals surface area (Å²) in [6, 6.07) is 24.7. The Hall–Kier alpha value is -3.80. The first-order chi connectivity index (χ1) is 16.1. The first-order valence-corrected chi connectivity index (χ1v) is 11.3. The van der Waals surface area contributed by atoms with Crippen molar-refractivity contribution in [2.45, 2.75) is 39.2 Å². The van der Waals surface area contributed by atoms with Gasteiger partial charge in [0, 0.05) is 23.5 Å². The highest BCUT2D eigenvalue weighted by Crippen LogP contribution is 2.18. The minimum atomic E-state index is -0.175. The highest BCUT2D eigenvalue weighted by atomic mass is 16.5. The molecule has 3 rings (SSSR count). The summed E-state index contributed by atoms with van der Waals surface area (Å²) in [7, 11) is 0. The molecular formula is C27H31N3O3. The number of hydrogen-bond acceptors (Lipinski definition) is 4. The fraction of sp³-hybridized carbons (Fsp3) is 0.259. The molecule has 3 aromatic carbocycles. The average Bonchev–Trinajstić information content (AvgIpc) is 2.83. The van der Waals surface area contributed by atoms with Crippen LogP contribution in [0.1, 0.15) is 38.2 Å². The van der Waals surface area contributed by atoms with Crippen LogP contribution in [0.2, 0.25) is 0 Å². The van der Waals surface area contributed by atoms with Gasteiger partial charge in [0.2, 0.25) is 11.8 Å². The number of benzene rings is 3. The zero-order valence-electron chi connectivity index (χ0n) is 19.0. The van der Waals surface area contributed by atoms with E-state index in [0.717, 1.165) is 36.3 Å². The second-order valence-electron chi connectivity index (χ2n) is 7.79. The molecule has 172 valence electrons. The molecule has 0 radical (unpaired) electrons. The van der Waals surface area contributed by atoms with Crippen molar-refractivity contribution in [3.05, 3.63) is 84.4 Å². The SMILES string of the molecule is CCCCCC(=O)Nc1cccc(NC(=O)CNc2ccc(OCc3ccccc3)cc2)c1. The molecule has 33 heavy (non-hydrogen) atoms. The Morgan fingerprint density at radius 2 is 1.45 bits per heavy atom. The molecule has 2 amide bonds. The number of carbonyl (C=O) groups excluding carboxylic acids is 2. The molecular weight excluding hydrogens is 414 g/mol. The van der Waals surface area contributed by atoms with Gasteiger partial charge in [-0.1, -0.05) is 56.2 Å². The lowest BCUT2D eigenvalue weighted by molar-refractivity contribution is -0.116. The Balaban J connectivity index is 1.42. The number of ether oxygens (including phenoxy) is 1. The molecule has 0 aromatic heterocycles. The van der Waals surface area contributed by atoms with Crippen molar-refractivity contribution in [1.82, 2.24) is 0 Å². The van der Waals surface area contributed by atoms with Crippen LogP contribution in [0.5, 0.6) is 5.75 Å². The molecule has 0 bridgehead atoms. The van der Waals surface area contributed by atoms with Gasteiger partial charge in [-0.05, 0) is 54.4 Å². The van der Waals surface area contributed by atoms with Crippen molar-refractivity contribution in [2.75, 3.05) is 22.5 Å². The lowest BCUT2D eigenvalue weighted by atomic mass is 10.2. The van der Waals surface area contributed by atoms with Crippen LogP contribution in [0.15, 0.2) is 78.9 Å².